The van der Waals surface area contributed by atoms with Gasteiger partial charge in [-0.05, 0) is 29.3 Å². The van der Waals surface area contributed by atoms with Gasteiger partial charge in [0, 0.05) is 4.88 Å². The molecule has 4 heteroatoms. The molecule has 1 aromatic heterocycles. The Balaban J connectivity index is 2.43. The predicted octanol–water partition coefficient (Wildman–Crippen LogP) is 1.59. The lowest BCUT2D eigenvalue weighted by Gasteiger charge is -2.03. The van der Waals surface area contributed by atoms with E-state index in [-0.39, 0.29) is 5.56 Å². The largest absolute Gasteiger partial charge is 0.545 e. The molecular weight excluding hydrogens is 224 g/mol. The molecule has 0 fully saturated rings. The number of hydrogen-bond donors (Lipinski definition) is 0. The molecule has 0 aliphatic carbocycles. The van der Waals surface area contributed by atoms with E-state index >= 15 is 0 Å². The standard InChI is InChI=1S/C12H8O3S/c13-7-10-4-5-11(16-10)8-2-1-3-9(6-8)12(14)15/h1-7H,(H,14,15)/p-1. The Labute approximate surface area is 96.0 Å². The van der Waals surface area contributed by atoms with E-state index in [0.717, 1.165) is 16.7 Å². The molecule has 80 valence electrons. The molecule has 2 aromatic rings. The van der Waals surface area contributed by atoms with E-state index in [2.05, 4.69) is 0 Å². The van der Waals surface area contributed by atoms with Gasteiger partial charge in [0.05, 0.1) is 10.8 Å². The molecule has 0 amide bonds. The van der Waals surface area contributed by atoms with Crippen molar-refractivity contribution in [2.45, 2.75) is 0 Å². The van der Waals surface area contributed by atoms with Crippen molar-refractivity contribution in [2.75, 3.05) is 0 Å². The second kappa shape index (κ2) is 4.28. The molecule has 0 saturated carbocycles. The van der Waals surface area contributed by atoms with Crippen LogP contribution < -0.4 is 5.11 Å². The maximum Gasteiger partial charge on any atom is 0.160 e. The maximum atomic E-state index is 10.7. The minimum atomic E-state index is -1.20. The highest BCUT2D eigenvalue weighted by molar-refractivity contribution is 7.17. The fraction of sp³-hybridized carbons (Fsp3) is 0. The molecule has 0 spiro atoms. The van der Waals surface area contributed by atoms with Crippen molar-refractivity contribution >= 4 is 23.6 Å². The van der Waals surface area contributed by atoms with Crippen molar-refractivity contribution < 1.29 is 14.7 Å². The summed E-state index contributed by atoms with van der Waals surface area (Å²) < 4.78 is 0. The van der Waals surface area contributed by atoms with Crippen molar-refractivity contribution in [2.24, 2.45) is 0 Å². The van der Waals surface area contributed by atoms with Crippen LogP contribution in [0.3, 0.4) is 0 Å². The SMILES string of the molecule is O=Cc1ccc(-c2cccc(C(=O)[O-])c2)s1. The van der Waals surface area contributed by atoms with Gasteiger partial charge in [-0.1, -0.05) is 18.2 Å². The lowest BCUT2D eigenvalue weighted by atomic mass is 10.1. The fourth-order valence-electron chi connectivity index (χ4n) is 1.37. The number of hydrogen-bond acceptors (Lipinski definition) is 4. The average molecular weight is 231 g/mol. The Morgan fingerprint density at radius 2 is 2.06 bits per heavy atom. The molecule has 0 aliphatic rings. The number of benzene rings is 1. The summed E-state index contributed by atoms with van der Waals surface area (Å²) in [5.74, 6) is -1.20. The molecule has 0 N–H and O–H groups in total. The lowest BCUT2D eigenvalue weighted by Crippen LogP contribution is -2.22. The van der Waals surface area contributed by atoms with Crippen LogP contribution in [0.15, 0.2) is 36.4 Å². The minimum absolute atomic E-state index is 0.138. The van der Waals surface area contributed by atoms with Gasteiger partial charge >= 0.3 is 0 Å². The van der Waals surface area contributed by atoms with Crippen LogP contribution in [0.1, 0.15) is 20.0 Å². The maximum absolute atomic E-state index is 10.7. The fourth-order valence-corrected chi connectivity index (χ4v) is 2.19. The normalized spacial score (nSPS) is 10.0. The first-order chi connectivity index (χ1) is 7.70. The van der Waals surface area contributed by atoms with E-state index in [4.69, 9.17) is 0 Å². The van der Waals surface area contributed by atoms with E-state index in [9.17, 15) is 14.7 Å². The van der Waals surface area contributed by atoms with E-state index in [1.165, 1.54) is 23.5 Å². The first-order valence-electron chi connectivity index (χ1n) is 4.57. The quantitative estimate of drug-likeness (QED) is 0.754. The number of carbonyl (C=O) groups excluding carboxylic acids is 2. The van der Waals surface area contributed by atoms with Crippen LogP contribution >= 0.6 is 11.3 Å². The van der Waals surface area contributed by atoms with Crippen molar-refractivity contribution in [3.63, 3.8) is 0 Å². The Bertz CT molecular complexity index is 543. The average Bonchev–Trinajstić information content (AvgIpc) is 2.77. The minimum Gasteiger partial charge on any atom is -0.545 e. The number of aldehydes is 1. The summed E-state index contributed by atoms with van der Waals surface area (Å²) in [6.45, 7) is 0. The second-order valence-corrected chi connectivity index (χ2v) is 4.30. The zero-order valence-corrected chi connectivity index (χ0v) is 8.99. The molecule has 3 nitrogen and oxygen atoms in total. The summed E-state index contributed by atoms with van der Waals surface area (Å²) in [7, 11) is 0. The molecular formula is C12H7O3S-. The van der Waals surface area contributed by atoms with E-state index < -0.39 is 5.97 Å². The third-order valence-corrected chi connectivity index (χ3v) is 3.19. The zero-order valence-electron chi connectivity index (χ0n) is 8.17. The topological polar surface area (TPSA) is 57.2 Å². The van der Waals surface area contributed by atoms with Crippen LogP contribution in [0, 0.1) is 0 Å². The summed E-state index contributed by atoms with van der Waals surface area (Å²) in [5.41, 5.74) is 0.915. The van der Waals surface area contributed by atoms with Gasteiger partial charge in [-0.25, -0.2) is 0 Å². The molecule has 0 atom stereocenters. The van der Waals surface area contributed by atoms with E-state index in [1.54, 1.807) is 24.3 Å². The molecule has 0 bridgehead atoms. The van der Waals surface area contributed by atoms with Gasteiger partial charge in [0.25, 0.3) is 0 Å². The lowest BCUT2D eigenvalue weighted by molar-refractivity contribution is -0.255. The van der Waals surface area contributed by atoms with Crippen molar-refractivity contribution in [1.29, 1.82) is 0 Å². The second-order valence-electron chi connectivity index (χ2n) is 3.19. The summed E-state index contributed by atoms with van der Waals surface area (Å²) >= 11 is 1.32. The van der Waals surface area contributed by atoms with Gasteiger partial charge in [-0.15, -0.1) is 11.3 Å². The highest BCUT2D eigenvalue weighted by atomic mass is 32.1. The highest BCUT2D eigenvalue weighted by Crippen LogP contribution is 2.27. The van der Waals surface area contributed by atoms with Gasteiger partial charge in [0.1, 0.15) is 0 Å². The van der Waals surface area contributed by atoms with Crippen LogP contribution in [-0.2, 0) is 0 Å². The number of aromatic carboxylic acids is 1. The predicted molar refractivity (Wildman–Crippen MR) is 59.5 cm³/mol. The van der Waals surface area contributed by atoms with Crippen molar-refractivity contribution in [1.82, 2.24) is 0 Å². The van der Waals surface area contributed by atoms with Gasteiger partial charge in [0.15, 0.2) is 6.29 Å². The Hall–Kier alpha value is -1.94. The Morgan fingerprint density at radius 3 is 2.69 bits per heavy atom. The summed E-state index contributed by atoms with van der Waals surface area (Å²) in [6.07, 6.45) is 0.775. The summed E-state index contributed by atoms with van der Waals surface area (Å²) in [4.78, 5) is 22.7. The van der Waals surface area contributed by atoms with Crippen LogP contribution in [0.25, 0.3) is 10.4 Å². The zero-order chi connectivity index (χ0) is 11.5. The number of carboxylic acids is 1. The molecule has 1 aromatic carbocycles. The first kappa shape index (κ1) is 10.6. The van der Waals surface area contributed by atoms with E-state index in [1.807, 2.05) is 0 Å². The highest BCUT2D eigenvalue weighted by Gasteiger charge is 2.03. The molecule has 0 radical (unpaired) electrons. The van der Waals surface area contributed by atoms with Gasteiger partial charge < -0.3 is 9.90 Å². The first-order valence-corrected chi connectivity index (χ1v) is 5.39. The summed E-state index contributed by atoms with van der Waals surface area (Å²) in [6, 6.07) is 9.97. The molecule has 16 heavy (non-hydrogen) atoms. The third-order valence-electron chi connectivity index (χ3n) is 2.13. The molecule has 2 rings (SSSR count). The number of rotatable bonds is 3. The number of thiophene rings is 1. The summed E-state index contributed by atoms with van der Waals surface area (Å²) in [5, 5.41) is 10.7. The monoisotopic (exact) mass is 231 g/mol. The van der Waals surface area contributed by atoms with Crippen molar-refractivity contribution in [3.8, 4) is 10.4 Å². The number of carboxylic acid groups (broad SMARTS) is 1. The van der Waals surface area contributed by atoms with Gasteiger partial charge in [-0.3, -0.25) is 4.79 Å². The van der Waals surface area contributed by atoms with Gasteiger partial charge in [-0.2, -0.15) is 0 Å². The molecule has 0 saturated heterocycles. The van der Waals surface area contributed by atoms with Crippen LogP contribution in [-0.4, -0.2) is 12.3 Å². The van der Waals surface area contributed by atoms with Crippen LogP contribution in [0.4, 0.5) is 0 Å². The Morgan fingerprint density at radius 1 is 1.25 bits per heavy atom. The molecule has 0 unspecified atom stereocenters. The van der Waals surface area contributed by atoms with Gasteiger partial charge in [0.2, 0.25) is 0 Å². The van der Waals surface area contributed by atoms with Crippen LogP contribution in [0.5, 0.6) is 0 Å². The molecule has 0 aliphatic heterocycles. The Kier molecular flexibility index (Phi) is 2.83. The smallest absolute Gasteiger partial charge is 0.160 e. The molecule has 1 heterocycles. The van der Waals surface area contributed by atoms with Crippen LogP contribution in [0.2, 0.25) is 0 Å². The number of carbonyl (C=O) groups is 2. The third kappa shape index (κ3) is 2.01. The van der Waals surface area contributed by atoms with E-state index in [0.29, 0.717) is 4.88 Å². The van der Waals surface area contributed by atoms with Crippen molar-refractivity contribution in [3.05, 3.63) is 46.8 Å².